The largest absolute Gasteiger partial charge is 0.460 e. The van der Waals surface area contributed by atoms with Crippen molar-refractivity contribution in [3.05, 3.63) is 0 Å². The van der Waals surface area contributed by atoms with Crippen LogP contribution in [-0.4, -0.2) is 48.7 Å². The van der Waals surface area contributed by atoms with E-state index in [1.807, 2.05) is 0 Å². The maximum Gasteiger partial charge on any atom is 0.305 e. The number of rotatable bonds is 5. The van der Waals surface area contributed by atoms with Crippen LogP contribution in [0.3, 0.4) is 0 Å². The van der Waals surface area contributed by atoms with Crippen molar-refractivity contribution < 1.29 is 37.7 Å². The van der Waals surface area contributed by atoms with Gasteiger partial charge in [-0.25, -0.2) is 4.39 Å². The molecule has 21 heavy (non-hydrogen) atoms. The van der Waals surface area contributed by atoms with Crippen molar-refractivity contribution in [2.45, 2.75) is 64.9 Å². The summed E-state index contributed by atoms with van der Waals surface area (Å²) >= 11 is 0. The Morgan fingerprint density at radius 3 is 2.10 bits per heavy atom. The van der Waals surface area contributed by atoms with Gasteiger partial charge in [0, 0.05) is 20.8 Å². The SMILES string of the molecule is CC[C@H](OC(C)=O)[C@H]1OC(OC(C)=O)[C@H](OC(C)=O)[C@H]1F. The van der Waals surface area contributed by atoms with Crippen molar-refractivity contribution >= 4 is 17.9 Å². The molecule has 0 N–H and O–H groups in total. The first-order valence-corrected chi connectivity index (χ1v) is 6.57. The molecular weight excluding hydrogens is 287 g/mol. The van der Waals surface area contributed by atoms with E-state index in [4.69, 9.17) is 18.9 Å². The molecule has 0 aromatic heterocycles. The molecule has 0 aliphatic carbocycles. The Bertz CT molecular complexity index is 411. The van der Waals surface area contributed by atoms with Crippen LogP contribution < -0.4 is 0 Å². The standard InChI is InChI=1S/C13H19FO7/c1-5-9(18-6(2)15)11-10(14)12(19-7(3)16)13(21-11)20-8(4)17/h9-13H,5H2,1-4H3/t9-,10-,11+,12+,13?/m0/s1. The Kier molecular flexibility index (Phi) is 6.07. The van der Waals surface area contributed by atoms with Gasteiger partial charge in [0.05, 0.1) is 0 Å². The fourth-order valence-corrected chi connectivity index (χ4v) is 2.10. The molecule has 1 aliphatic heterocycles. The third-order valence-electron chi connectivity index (χ3n) is 2.86. The van der Waals surface area contributed by atoms with Gasteiger partial charge in [0.15, 0.2) is 12.3 Å². The topological polar surface area (TPSA) is 88.1 Å². The minimum atomic E-state index is -1.78. The van der Waals surface area contributed by atoms with Gasteiger partial charge in [0.2, 0.25) is 6.29 Å². The van der Waals surface area contributed by atoms with Crippen LogP contribution in [0.5, 0.6) is 0 Å². The summed E-state index contributed by atoms with van der Waals surface area (Å²) < 4.78 is 34.3. The predicted octanol–water partition coefficient (Wildman–Crippen LogP) is 0.886. The zero-order valence-corrected chi connectivity index (χ0v) is 12.3. The predicted molar refractivity (Wildman–Crippen MR) is 66.7 cm³/mol. The van der Waals surface area contributed by atoms with Gasteiger partial charge in [-0.15, -0.1) is 0 Å². The van der Waals surface area contributed by atoms with Crippen LogP contribution in [0, 0.1) is 0 Å². The zero-order chi connectivity index (χ0) is 16.2. The number of ether oxygens (including phenoxy) is 4. The second-order valence-electron chi connectivity index (χ2n) is 4.65. The maximum atomic E-state index is 14.4. The molecule has 0 bridgehead atoms. The number of hydrogen-bond acceptors (Lipinski definition) is 7. The number of carbonyl (C=O) groups excluding carboxylic acids is 3. The van der Waals surface area contributed by atoms with E-state index in [0.717, 1.165) is 13.8 Å². The van der Waals surface area contributed by atoms with Crippen LogP contribution in [0.15, 0.2) is 0 Å². The lowest BCUT2D eigenvalue weighted by atomic mass is 10.0. The van der Waals surface area contributed by atoms with Crippen LogP contribution in [0.2, 0.25) is 0 Å². The summed E-state index contributed by atoms with van der Waals surface area (Å²) in [7, 11) is 0. The van der Waals surface area contributed by atoms with Gasteiger partial charge in [-0.1, -0.05) is 6.92 Å². The van der Waals surface area contributed by atoms with E-state index in [0.29, 0.717) is 6.42 Å². The highest BCUT2D eigenvalue weighted by Crippen LogP contribution is 2.31. The number of hydrogen-bond donors (Lipinski definition) is 0. The number of carbonyl (C=O) groups is 3. The summed E-state index contributed by atoms with van der Waals surface area (Å²) in [4.78, 5) is 33.1. The molecule has 1 rings (SSSR count). The van der Waals surface area contributed by atoms with Crippen molar-refractivity contribution in [3.8, 4) is 0 Å². The fourth-order valence-electron chi connectivity index (χ4n) is 2.10. The monoisotopic (exact) mass is 306 g/mol. The summed E-state index contributed by atoms with van der Waals surface area (Å²) in [5.41, 5.74) is 0. The van der Waals surface area contributed by atoms with Gasteiger partial charge in [-0.05, 0) is 6.42 Å². The van der Waals surface area contributed by atoms with Crippen molar-refractivity contribution in [2.75, 3.05) is 0 Å². The molecule has 0 spiro atoms. The van der Waals surface area contributed by atoms with E-state index in [2.05, 4.69) is 0 Å². The molecule has 120 valence electrons. The Labute approximate surface area is 121 Å². The zero-order valence-electron chi connectivity index (χ0n) is 12.3. The van der Waals surface area contributed by atoms with Crippen molar-refractivity contribution in [2.24, 2.45) is 0 Å². The van der Waals surface area contributed by atoms with E-state index in [1.165, 1.54) is 6.92 Å². The highest BCUT2D eigenvalue weighted by molar-refractivity contribution is 5.67. The lowest BCUT2D eigenvalue weighted by molar-refractivity contribution is -0.201. The normalized spacial score (nSPS) is 29.6. The molecular formula is C13H19FO7. The van der Waals surface area contributed by atoms with E-state index < -0.39 is 48.7 Å². The molecule has 0 radical (unpaired) electrons. The first kappa shape index (κ1) is 17.4. The van der Waals surface area contributed by atoms with Crippen molar-refractivity contribution in [3.63, 3.8) is 0 Å². The van der Waals surface area contributed by atoms with Crippen LogP contribution >= 0.6 is 0 Å². The average molecular weight is 306 g/mol. The molecule has 0 saturated carbocycles. The summed E-state index contributed by atoms with van der Waals surface area (Å²) in [6.07, 6.45) is -6.27. The Hall–Kier alpha value is -1.70. The molecule has 1 saturated heterocycles. The molecule has 0 aromatic carbocycles. The second kappa shape index (κ2) is 7.35. The first-order chi connectivity index (χ1) is 9.76. The van der Waals surface area contributed by atoms with Gasteiger partial charge < -0.3 is 18.9 Å². The Balaban J connectivity index is 2.89. The molecule has 0 amide bonds. The molecule has 1 heterocycles. The Morgan fingerprint density at radius 2 is 1.67 bits per heavy atom. The van der Waals surface area contributed by atoms with Crippen LogP contribution in [0.25, 0.3) is 0 Å². The highest BCUT2D eigenvalue weighted by Gasteiger charge is 2.52. The summed E-state index contributed by atoms with van der Waals surface area (Å²) in [6, 6.07) is 0. The quantitative estimate of drug-likeness (QED) is 0.550. The van der Waals surface area contributed by atoms with Crippen LogP contribution in [-0.2, 0) is 33.3 Å². The molecule has 5 atom stereocenters. The lowest BCUT2D eigenvalue weighted by Crippen LogP contribution is -2.39. The first-order valence-electron chi connectivity index (χ1n) is 6.57. The Morgan fingerprint density at radius 1 is 1.10 bits per heavy atom. The van der Waals surface area contributed by atoms with Crippen molar-refractivity contribution in [1.29, 1.82) is 0 Å². The maximum absolute atomic E-state index is 14.4. The average Bonchev–Trinajstić information content (AvgIpc) is 2.63. The van der Waals surface area contributed by atoms with Gasteiger partial charge in [-0.2, -0.15) is 0 Å². The van der Waals surface area contributed by atoms with Gasteiger partial charge in [0.25, 0.3) is 0 Å². The smallest absolute Gasteiger partial charge is 0.305 e. The van der Waals surface area contributed by atoms with E-state index in [1.54, 1.807) is 6.92 Å². The summed E-state index contributed by atoms with van der Waals surface area (Å²) in [5.74, 6) is -2.02. The van der Waals surface area contributed by atoms with Gasteiger partial charge in [0.1, 0.15) is 12.2 Å². The highest BCUT2D eigenvalue weighted by atomic mass is 19.1. The molecule has 7 nitrogen and oxygen atoms in total. The number of halogens is 1. The van der Waals surface area contributed by atoms with E-state index in [9.17, 15) is 18.8 Å². The fraction of sp³-hybridized carbons (Fsp3) is 0.769. The molecule has 8 heteroatoms. The minimum Gasteiger partial charge on any atom is -0.460 e. The minimum absolute atomic E-state index is 0.296. The molecule has 1 aliphatic rings. The van der Waals surface area contributed by atoms with E-state index in [-0.39, 0.29) is 0 Å². The van der Waals surface area contributed by atoms with Gasteiger partial charge in [-0.3, -0.25) is 14.4 Å². The molecule has 1 unspecified atom stereocenters. The van der Waals surface area contributed by atoms with Crippen LogP contribution in [0.4, 0.5) is 4.39 Å². The van der Waals surface area contributed by atoms with Crippen LogP contribution in [0.1, 0.15) is 34.1 Å². The third kappa shape index (κ3) is 4.66. The third-order valence-corrected chi connectivity index (χ3v) is 2.86. The summed E-state index contributed by atoms with van der Waals surface area (Å²) in [6.45, 7) is 5.11. The molecule has 1 fully saturated rings. The van der Waals surface area contributed by atoms with E-state index >= 15 is 0 Å². The van der Waals surface area contributed by atoms with Crippen molar-refractivity contribution in [1.82, 2.24) is 0 Å². The molecule has 0 aromatic rings. The lowest BCUT2D eigenvalue weighted by Gasteiger charge is -2.22. The second-order valence-corrected chi connectivity index (χ2v) is 4.65. The van der Waals surface area contributed by atoms with Gasteiger partial charge >= 0.3 is 17.9 Å². The number of alkyl halides is 1. The summed E-state index contributed by atoms with van der Waals surface area (Å²) in [5, 5.41) is 0. The number of esters is 3.